The second-order valence-electron chi connectivity index (χ2n) is 4.19. The Morgan fingerprint density at radius 1 is 1.28 bits per heavy atom. The predicted octanol–water partition coefficient (Wildman–Crippen LogP) is 0.397. The Bertz CT molecular complexity index is 341. The van der Waals surface area contributed by atoms with Gasteiger partial charge in [0.2, 0.25) is 5.89 Å². The molecule has 7 nitrogen and oxygen atoms in total. The Labute approximate surface area is 106 Å². The van der Waals surface area contributed by atoms with Gasteiger partial charge in [-0.3, -0.25) is 0 Å². The molecule has 0 spiro atoms. The second kappa shape index (κ2) is 7.30. The van der Waals surface area contributed by atoms with Crippen LogP contribution in [0.5, 0.6) is 0 Å². The van der Waals surface area contributed by atoms with Crippen molar-refractivity contribution in [3.8, 4) is 0 Å². The fraction of sp³-hybridized carbons (Fsp3) is 0.818. The zero-order chi connectivity index (χ0) is 12.6. The van der Waals surface area contributed by atoms with Crippen LogP contribution in [0.2, 0.25) is 0 Å². The molecule has 1 aliphatic rings. The number of aromatic nitrogens is 2. The first kappa shape index (κ1) is 13.3. The highest BCUT2D eigenvalue weighted by Crippen LogP contribution is 2.19. The van der Waals surface area contributed by atoms with Crippen LogP contribution in [-0.4, -0.2) is 49.7 Å². The molecule has 0 saturated heterocycles. The molecule has 0 amide bonds. The maximum atomic E-state index is 5.41. The first-order valence-corrected chi connectivity index (χ1v) is 6.25. The molecular formula is C11H20N4O3. The summed E-state index contributed by atoms with van der Waals surface area (Å²) < 4.78 is 15.6. The molecule has 2 N–H and O–H groups in total. The van der Waals surface area contributed by atoms with Crippen molar-refractivity contribution < 1.29 is 13.9 Å². The number of methoxy groups -OCH3 is 1. The maximum Gasteiger partial charge on any atom is 0.315 e. The highest BCUT2D eigenvalue weighted by Gasteiger charge is 2.21. The quantitative estimate of drug-likeness (QED) is 0.586. The van der Waals surface area contributed by atoms with Gasteiger partial charge in [0.15, 0.2) is 0 Å². The molecule has 1 fully saturated rings. The van der Waals surface area contributed by atoms with Crippen molar-refractivity contribution in [1.82, 2.24) is 15.5 Å². The van der Waals surface area contributed by atoms with E-state index >= 15 is 0 Å². The molecule has 0 bridgehead atoms. The van der Waals surface area contributed by atoms with Gasteiger partial charge in [0.1, 0.15) is 0 Å². The van der Waals surface area contributed by atoms with Crippen molar-refractivity contribution in [1.29, 1.82) is 0 Å². The third-order valence-corrected chi connectivity index (χ3v) is 2.54. The molecule has 18 heavy (non-hydrogen) atoms. The Morgan fingerprint density at radius 2 is 2.17 bits per heavy atom. The Kier molecular flexibility index (Phi) is 5.37. The van der Waals surface area contributed by atoms with E-state index in [0.29, 0.717) is 50.9 Å². The molecule has 1 heterocycles. The average molecular weight is 256 g/mol. The summed E-state index contributed by atoms with van der Waals surface area (Å²) in [4.78, 5) is 0. The van der Waals surface area contributed by atoms with Crippen molar-refractivity contribution >= 4 is 6.01 Å². The van der Waals surface area contributed by atoms with E-state index in [2.05, 4.69) is 20.8 Å². The van der Waals surface area contributed by atoms with Crippen molar-refractivity contribution in [3.63, 3.8) is 0 Å². The van der Waals surface area contributed by atoms with E-state index in [9.17, 15) is 0 Å². The van der Waals surface area contributed by atoms with Gasteiger partial charge in [-0.15, -0.1) is 5.10 Å². The van der Waals surface area contributed by atoms with E-state index in [1.54, 1.807) is 7.11 Å². The fourth-order valence-corrected chi connectivity index (χ4v) is 1.39. The van der Waals surface area contributed by atoms with E-state index in [0.717, 1.165) is 0 Å². The smallest absolute Gasteiger partial charge is 0.315 e. The van der Waals surface area contributed by atoms with E-state index in [4.69, 9.17) is 13.9 Å². The van der Waals surface area contributed by atoms with Crippen LogP contribution in [0.4, 0.5) is 6.01 Å². The number of rotatable bonds is 10. The van der Waals surface area contributed by atoms with Crippen molar-refractivity contribution in [2.24, 2.45) is 0 Å². The van der Waals surface area contributed by atoms with Crippen LogP contribution >= 0.6 is 0 Å². The summed E-state index contributed by atoms with van der Waals surface area (Å²) in [6.07, 6.45) is 2.50. The zero-order valence-electron chi connectivity index (χ0n) is 10.6. The molecule has 0 aromatic carbocycles. The third-order valence-electron chi connectivity index (χ3n) is 2.54. The van der Waals surface area contributed by atoms with Gasteiger partial charge in [-0.25, -0.2) is 0 Å². The van der Waals surface area contributed by atoms with Crippen molar-refractivity contribution in [2.75, 3.05) is 38.8 Å². The van der Waals surface area contributed by atoms with Crippen LogP contribution in [-0.2, 0) is 16.0 Å². The molecule has 0 atom stereocenters. The van der Waals surface area contributed by atoms with Crippen molar-refractivity contribution in [3.05, 3.63) is 5.89 Å². The summed E-state index contributed by atoms with van der Waals surface area (Å²) in [6, 6.07) is 1.08. The molecule has 1 aromatic heterocycles. The number of hydrogen-bond donors (Lipinski definition) is 2. The molecule has 0 unspecified atom stereocenters. The minimum atomic E-state index is 0.443. The molecule has 1 aliphatic carbocycles. The molecule has 1 saturated carbocycles. The largest absolute Gasteiger partial charge is 0.407 e. The molecule has 0 aliphatic heterocycles. The number of nitrogens with one attached hydrogen (secondary N) is 2. The number of ether oxygens (including phenoxy) is 2. The first-order valence-electron chi connectivity index (χ1n) is 6.25. The van der Waals surface area contributed by atoms with E-state index in [1.807, 2.05) is 0 Å². The molecule has 7 heteroatoms. The van der Waals surface area contributed by atoms with Gasteiger partial charge < -0.3 is 24.5 Å². The third kappa shape index (κ3) is 4.99. The van der Waals surface area contributed by atoms with Gasteiger partial charge in [0.25, 0.3) is 0 Å². The Hall–Kier alpha value is -1.18. The number of hydrogen-bond acceptors (Lipinski definition) is 7. The molecular weight excluding hydrogens is 236 g/mol. The molecule has 0 radical (unpaired) electrons. The standard InChI is InChI=1S/C11H20N4O3/c1-16-6-7-17-5-4-12-11-15-14-10(18-11)8-13-9-2-3-9/h9,13H,2-8H2,1H3,(H,12,15). The lowest BCUT2D eigenvalue weighted by Gasteiger charge is -2.03. The minimum absolute atomic E-state index is 0.443. The van der Waals surface area contributed by atoms with Gasteiger partial charge in [-0.05, 0) is 12.8 Å². The van der Waals surface area contributed by atoms with Gasteiger partial charge in [0, 0.05) is 19.7 Å². The van der Waals surface area contributed by atoms with Gasteiger partial charge >= 0.3 is 6.01 Å². The monoisotopic (exact) mass is 256 g/mol. The normalized spacial score (nSPS) is 14.9. The van der Waals surface area contributed by atoms with Gasteiger partial charge in [-0.1, -0.05) is 5.10 Å². The van der Waals surface area contributed by atoms with Crippen LogP contribution in [0.3, 0.4) is 0 Å². The summed E-state index contributed by atoms with van der Waals surface area (Å²) in [7, 11) is 1.65. The summed E-state index contributed by atoms with van der Waals surface area (Å²) in [6.45, 7) is 3.07. The van der Waals surface area contributed by atoms with E-state index < -0.39 is 0 Å². The lowest BCUT2D eigenvalue weighted by atomic mass is 10.6. The van der Waals surface area contributed by atoms with E-state index in [-0.39, 0.29) is 0 Å². The Morgan fingerprint density at radius 3 is 2.94 bits per heavy atom. The summed E-state index contributed by atoms with van der Waals surface area (Å²) in [5.74, 6) is 0.615. The SMILES string of the molecule is COCCOCCNc1nnc(CNC2CC2)o1. The zero-order valence-corrected chi connectivity index (χ0v) is 10.6. The topological polar surface area (TPSA) is 81.4 Å². The van der Waals surface area contributed by atoms with Gasteiger partial charge in [-0.2, -0.15) is 0 Å². The highest BCUT2D eigenvalue weighted by molar-refractivity contribution is 5.16. The van der Waals surface area contributed by atoms with Crippen LogP contribution in [0.1, 0.15) is 18.7 Å². The van der Waals surface area contributed by atoms with Crippen LogP contribution < -0.4 is 10.6 Å². The van der Waals surface area contributed by atoms with Gasteiger partial charge in [0.05, 0.1) is 26.4 Å². The molecule has 2 rings (SSSR count). The fourth-order valence-electron chi connectivity index (χ4n) is 1.39. The Balaban J connectivity index is 1.54. The van der Waals surface area contributed by atoms with Crippen LogP contribution in [0, 0.1) is 0 Å². The summed E-state index contributed by atoms with van der Waals surface area (Å²) in [5, 5.41) is 14.2. The minimum Gasteiger partial charge on any atom is -0.407 e. The summed E-state index contributed by atoms with van der Waals surface area (Å²) >= 11 is 0. The van der Waals surface area contributed by atoms with Crippen molar-refractivity contribution in [2.45, 2.75) is 25.4 Å². The first-order chi connectivity index (χ1) is 8.88. The highest BCUT2D eigenvalue weighted by atomic mass is 16.5. The summed E-state index contributed by atoms with van der Waals surface area (Å²) in [5.41, 5.74) is 0. The second-order valence-corrected chi connectivity index (χ2v) is 4.19. The van der Waals surface area contributed by atoms with Crippen LogP contribution in [0.25, 0.3) is 0 Å². The maximum absolute atomic E-state index is 5.41. The number of anilines is 1. The van der Waals surface area contributed by atoms with Crippen LogP contribution in [0.15, 0.2) is 4.42 Å². The molecule has 1 aromatic rings. The molecule has 102 valence electrons. The lowest BCUT2D eigenvalue weighted by Crippen LogP contribution is -2.15. The lowest BCUT2D eigenvalue weighted by molar-refractivity contribution is 0.0757. The van der Waals surface area contributed by atoms with E-state index in [1.165, 1.54) is 12.8 Å². The number of nitrogens with zero attached hydrogens (tertiary/aromatic N) is 2. The average Bonchev–Trinajstić information content (AvgIpc) is 3.11. The predicted molar refractivity (Wildman–Crippen MR) is 65.3 cm³/mol.